The first-order valence-corrected chi connectivity index (χ1v) is 12.4. The van der Waals surface area contributed by atoms with Crippen molar-refractivity contribution < 1.29 is 19.1 Å². The van der Waals surface area contributed by atoms with Gasteiger partial charge in [-0.05, 0) is 29.7 Å². The minimum Gasteiger partial charge on any atom is -0.465 e. The molecular weight excluding hydrogens is 502 g/mol. The van der Waals surface area contributed by atoms with Crippen LogP contribution >= 0.6 is 0 Å². The first kappa shape index (κ1) is 25.8. The summed E-state index contributed by atoms with van der Waals surface area (Å²) in [7, 11) is 1.82. The fraction of sp³-hybridized carbons (Fsp3) is 0.346. The van der Waals surface area contributed by atoms with Crippen molar-refractivity contribution in [1.82, 2.24) is 40.2 Å². The Morgan fingerprint density at radius 3 is 2.69 bits per heavy atom. The monoisotopic (exact) mass is 531 g/mol. The van der Waals surface area contributed by atoms with Gasteiger partial charge in [0.05, 0.1) is 23.6 Å². The predicted molar refractivity (Wildman–Crippen MR) is 140 cm³/mol. The normalized spacial score (nSPS) is 15.4. The lowest BCUT2D eigenvalue weighted by Crippen LogP contribution is -2.32. The Morgan fingerprint density at radius 1 is 1.18 bits per heavy atom. The van der Waals surface area contributed by atoms with Gasteiger partial charge in [0.1, 0.15) is 0 Å². The predicted octanol–water partition coefficient (Wildman–Crippen LogP) is 3.66. The minimum atomic E-state index is -1.03. The molecular formula is C26H29N9O4. The summed E-state index contributed by atoms with van der Waals surface area (Å²) in [6.45, 7) is 6.16. The fourth-order valence-corrected chi connectivity index (χ4v) is 4.31. The topological polar surface area (TPSA) is 164 Å². The zero-order valence-electron chi connectivity index (χ0n) is 22.0. The van der Waals surface area contributed by atoms with E-state index in [9.17, 15) is 14.7 Å². The van der Waals surface area contributed by atoms with Crippen molar-refractivity contribution >= 4 is 23.6 Å². The summed E-state index contributed by atoms with van der Waals surface area (Å²) in [5.41, 5.74) is 3.38. The number of hydrogen-bond acceptors (Lipinski definition) is 9. The van der Waals surface area contributed by atoms with Crippen LogP contribution in [0.5, 0.6) is 0 Å². The van der Waals surface area contributed by atoms with Crippen LogP contribution in [0.25, 0.3) is 11.3 Å². The third kappa shape index (κ3) is 5.71. The first-order valence-electron chi connectivity index (χ1n) is 12.4. The number of hydrogen-bond donors (Lipinski definition) is 3. The summed E-state index contributed by atoms with van der Waals surface area (Å²) in [6.07, 6.45) is 4.49. The number of carboxylic acid groups (broad SMARTS) is 1. The number of nitrogens with zero attached hydrogens (tertiary/aromatic N) is 7. The van der Waals surface area contributed by atoms with E-state index in [1.54, 1.807) is 23.1 Å². The van der Waals surface area contributed by atoms with Crippen LogP contribution in [0.3, 0.4) is 0 Å². The summed E-state index contributed by atoms with van der Waals surface area (Å²) in [4.78, 5) is 35.1. The molecule has 0 radical (unpaired) electrons. The van der Waals surface area contributed by atoms with E-state index in [0.717, 1.165) is 22.4 Å². The van der Waals surface area contributed by atoms with E-state index < -0.39 is 23.5 Å². The number of benzene rings is 1. The lowest BCUT2D eigenvalue weighted by Gasteiger charge is -2.19. The highest BCUT2D eigenvalue weighted by Gasteiger charge is 2.29. The van der Waals surface area contributed by atoms with Crippen LogP contribution in [0, 0.1) is 0 Å². The van der Waals surface area contributed by atoms with Gasteiger partial charge in [-0.2, -0.15) is 5.10 Å². The number of nitrogens with one attached hydrogen (secondary N) is 2. The van der Waals surface area contributed by atoms with Crippen molar-refractivity contribution in [3.05, 3.63) is 65.8 Å². The average molecular weight is 532 g/mol. The third-order valence-electron chi connectivity index (χ3n) is 6.32. The van der Waals surface area contributed by atoms with Crippen molar-refractivity contribution in [2.24, 2.45) is 7.05 Å². The van der Waals surface area contributed by atoms with Crippen LogP contribution in [0.4, 0.5) is 16.4 Å². The molecule has 2 amide bonds. The van der Waals surface area contributed by atoms with Gasteiger partial charge in [0.2, 0.25) is 11.8 Å². The van der Waals surface area contributed by atoms with Crippen molar-refractivity contribution in [2.75, 3.05) is 11.9 Å². The lowest BCUT2D eigenvalue weighted by atomic mass is 9.96. The van der Waals surface area contributed by atoms with Crippen LogP contribution in [0.1, 0.15) is 60.9 Å². The molecule has 3 N–H and O–H groups in total. The van der Waals surface area contributed by atoms with Crippen molar-refractivity contribution in [3.63, 3.8) is 0 Å². The van der Waals surface area contributed by atoms with Crippen LogP contribution in [0.15, 0.2) is 47.3 Å². The van der Waals surface area contributed by atoms with Gasteiger partial charge in [0, 0.05) is 43.5 Å². The number of aryl methyl sites for hydroxylation is 1. The van der Waals surface area contributed by atoms with E-state index in [4.69, 9.17) is 4.42 Å². The Morgan fingerprint density at radius 2 is 2.00 bits per heavy atom. The van der Waals surface area contributed by atoms with Gasteiger partial charge < -0.3 is 25.1 Å². The average Bonchev–Trinajstić information content (AvgIpc) is 3.51. The molecule has 5 rings (SSSR count). The van der Waals surface area contributed by atoms with Gasteiger partial charge in [-0.1, -0.05) is 32.9 Å². The van der Waals surface area contributed by atoms with Crippen molar-refractivity contribution in [3.8, 4) is 11.3 Å². The van der Waals surface area contributed by atoms with Gasteiger partial charge >= 0.3 is 17.9 Å². The van der Waals surface area contributed by atoms with E-state index in [2.05, 4.69) is 35.9 Å². The maximum absolute atomic E-state index is 13.0. The molecule has 0 aliphatic carbocycles. The lowest BCUT2D eigenvalue weighted by molar-refractivity contribution is 0.0894. The Kier molecular flexibility index (Phi) is 6.73. The molecule has 4 aromatic rings. The van der Waals surface area contributed by atoms with Gasteiger partial charge in [-0.25, -0.2) is 14.8 Å². The first-order chi connectivity index (χ1) is 18.6. The van der Waals surface area contributed by atoms with E-state index in [0.29, 0.717) is 24.0 Å². The highest BCUT2D eigenvalue weighted by molar-refractivity contribution is 5.89. The Hall–Kier alpha value is -4.81. The molecule has 13 nitrogen and oxygen atoms in total. The number of anilines is 2. The Labute approximate surface area is 224 Å². The molecule has 202 valence electrons. The molecule has 0 spiro atoms. The molecule has 1 aliphatic heterocycles. The molecule has 39 heavy (non-hydrogen) atoms. The second-order valence-corrected chi connectivity index (χ2v) is 10.4. The van der Waals surface area contributed by atoms with Gasteiger partial charge in [-0.3, -0.25) is 9.48 Å². The summed E-state index contributed by atoms with van der Waals surface area (Å²) in [5, 5.41) is 27.9. The zero-order valence-corrected chi connectivity index (χ0v) is 22.0. The minimum absolute atomic E-state index is 0.132. The SMILES string of the molecule is Cn1cc(Nc2nccc(-c3ccc4c(c3)CN(C(=O)O)CCC4NC(=O)c3nnc(C(C)(C)C)o3)n2)cn1. The number of carbonyl (C=O) groups excluding carboxylic acids is 1. The molecule has 0 bridgehead atoms. The van der Waals surface area contributed by atoms with E-state index in [-0.39, 0.29) is 19.0 Å². The number of rotatable bonds is 5. The van der Waals surface area contributed by atoms with E-state index in [1.807, 2.05) is 52.2 Å². The number of aromatic nitrogens is 6. The molecule has 1 aromatic carbocycles. The number of fused-ring (bicyclic) bond motifs is 1. The molecule has 0 saturated carbocycles. The molecule has 3 aromatic heterocycles. The quantitative estimate of drug-likeness (QED) is 0.346. The molecule has 1 unspecified atom stereocenters. The second-order valence-electron chi connectivity index (χ2n) is 10.4. The number of amides is 2. The standard InChI is InChI=1S/C26H29N9O4/c1-26(2,3)23-33-32-22(39-23)21(36)30-20-8-10-35(25(37)38)13-16-11-15(5-6-18(16)20)19-7-9-27-24(31-19)29-17-12-28-34(4)14-17/h5-7,9,11-12,14,20H,8,10,13H2,1-4H3,(H,30,36)(H,37,38)(H,27,29,31). The summed E-state index contributed by atoms with van der Waals surface area (Å²) < 4.78 is 7.27. The molecule has 0 saturated heterocycles. The van der Waals surface area contributed by atoms with Crippen LogP contribution in [-0.2, 0) is 19.0 Å². The maximum atomic E-state index is 13.0. The maximum Gasteiger partial charge on any atom is 0.407 e. The van der Waals surface area contributed by atoms with E-state index in [1.165, 1.54) is 4.90 Å². The van der Waals surface area contributed by atoms with Crippen LogP contribution in [-0.4, -0.2) is 58.5 Å². The van der Waals surface area contributed by atoms with E-state index >= 15 is 0 Å². The molecule has 1 atom stereocenters. The second kappa shape index (κ2) is 10.2. The fourth-order valence-electron chi connectivity index (χ4n) is 4.31. The van der Waals surface area contributed by atoms with Gasteiger partial charge in [0.25, 0.3) is 0 Å². The highest BCUT2D eigenvalue weighted by Crippen LogP contribution is 2.31. The Balaban J connectivity index is 1.43. The summed E-state index contributed by atoms with van der Waals surface area (Å²) in [5.74, 6) is 0.121. The highest BCUT2D eigenvalue weighted by atomic mass is 16.4. The van der Waals surface area contributed by atoms with Gasteiger partial charge in [-0.15, -0.1) is 10.2 Å². The third-order valence-corrected chi connectivity index (χ3v) is 6.32. The van der Waals surface area contributed by atoms with Crippen LogP contribution < -0.4 is 10.6 Å². The van der Waals surface area contributed by atoms with Crippen LogP contribution in [0.2, 0.25) is 0 Å². The summed E-state index contributed by atoms with van der Waals surface area (Å²) >= 11 is 0. The molecule has 1 aliphatic rings. The number of carbonyl (C=O) groups is 2. The van der Waals surface area contributed by atoms with Crippen molar-refractivity contribution in [1.29, 1.82) is 0 Å². The Bertz CT molecular complexity index is 1520. The van der Waals surface area contributed by atoms with Gasteiger partial charge in [0.15, 0.2) is 0 Å². The summed E-state index contributed by atoms with van der Waals surface area (Å²) in [6, 6.07) is 7.02. The molecule has 13 heteroatoms. The molecule has 0 fully saturated rings. The van der Waals surface area contributed by atoms with Crippen molar-refractivity contribution in [2.45, 2.75) is 45.2 Å². The zero-order chi connectivity index (χ0) is 27.7. The molecule has 4 heterocycles. The smallest absolute Gasteiger partial charge is 0.407 e. The largest absolute Gasteiger partial charge is 0.465 e.